The zero-order valence-electron chi connectivity index (χ0n) is 12.5. The molecule has 5 heteroatoms. The summed E-state index contributed by atoms with van der Waals surface area (Å²) in [5, 5.41) is 3.35. The number of carbonyl (C=O) groups is 2. The molecule has 0 spiro atoms. The molecule has 3 rings (SSSR count). The van der Waals surface area contributed by atoms with Crippen LogP contribution >= 0.6 is 0 Å². The van der Waals surface area contributed by atoms with Crippen LogP contribution in [-0.2, 0) is 6.54 Å². The fourth-order valence-electron chi connectivity index (χ4n) is 2.36. The summed E-state index contributed by atoms with van der Waals surface area (Å²) in [6.45, 7) is 0.397. The number of ether oxygens (including phenoxy) is 1. The first-order valence-corrected chi connectivity index (χ1v) is 7.10. The molecule has 0 atom stereocenters. The Balaban J connectivity index is 1.87. The van der Waals surface area contributed by atoms with Crippen molar-refractivity contribution >= 4 is 23.2 Å². The van der Waals surface area contributed by atoms with Crippen molar-refractivity contribution < 1.29 is 18.7 Å². The third kappa shape index (κ3) is 2.94. The summed E-state index contributed by atoms with van der Waals surface area (Å²) in [6.07, 6.45) is 0.725. The van der Waals surface area contributed by atoms with Crippen molar-refractivity contribution in [3.05, 3.63) is 65.4 Å². The molecule has 3 aromatic rings. The number of benzene rings is 2. The summed E-state index contributed by atoms with van der Waals surface area (Å²) >= 11 is 0. The number of amides is 1. The molecule has 1 N–H and O–H groups in total. The molecule has 0 aliphatic heterocycles. The van der Waals surface area contributed by atoms with Crippen LogP contribution in [0.2, 0.25) is 0 Å². The molecule has 0 fully saturated rings. The van der Waals surface area contributed by atoms with Crippen LogP contribution < -0.4 is 10.1 Å². The lowest BCUT2D eigenvalue weighted by molar-refractivity contribution is 0.0925. The molecular weight excluding hydrogens is 294 g/mol. The molecule has 0 saturated carbocycles. The first-order valence-electron chi connectivity index (χ1n) is 7.10. The summed E-state index contributed by atoms with van der Waals surface area (Å²) in [5.74, 6) is 0.278. The van der Waals surface area contributed by atoms with E-state index in [1.165, 1.54) is 7.11 Å². The van der Waals surface area contributed by atoms with Gasteiger partial charge in [-0.3, -0.25) is 9.59 Å². The van der Waals surface area contributed by atoms with E-state index in [1.807, 2.05) is 30.3 Å². The van der Waals surface area contributed by atoms with Gasteiger partial charge in [0.15, 0.2) is 23.4 Å². The maximum atomic E-state index is 12.3. The zero-order valence-corrected chi connectivity index (χ0v) is 12.5. The average molecular weight is 309 g/mol. The van der Waals surface area contributed by atoms with Crippen molar-refractivity contribution in [1.29, 1.82) is 0 Å². The van der Waals surface area contributed by atoms with Crippen molar-refractivity contribution in [2.75, 3.05) is 7.11 Å². The molecule has 0 bridgehead atoms. The third-order valence-corrected chi connectivity index (χ3v) is 3.55. The van der Waals surface area contributed by atoms with Crippen LogP contribution in [0.3, 0.4) is 0 Å². The van der Waals surface area contributed by atoms with E-state index in [9.17, 15) is 9.59 Å². The Bertz CT molecular complexity index is 852. The SMILES string of the molecule is COc1ccc(C=O)c2cc(C(=O)NCc3ccccc3)oc12. The van der Waals surface area contributed by atoms with Gasteiger partial charge in [-0.25, -0.2) is 0 Å². The van der Waals surface area contributed by atoms with E-state index >= 15 is 0 Å². The molecule has 1 amide bonds. The number of carbonyl (C=O) groups excluding carboxylic acids is 2. The summed E-state index contributed by atoms with van der Waals surface area (Å²) in [6, 6.07) is 14.4. The average Bonchev–Trinajstić information content (AvgIpc) is 3.05. The Morgan fingerprint density at radius 3 is 2.70 bits per heavy atom. The van der Waals surface area contributed by atoms with E-state index in [0.717, 1.165) is 11.8 Å². The lowest BCUT2D eigenvalue weighted by Crippen LogP contribution is -2.22. The number of furan rings is 1. The standard InChI is InChI=1S/C18H15NO4/c1-22-15-8-7-13(11-20)14-9-16(23-17(14)15)18(21)19-10-12-5-3-2-4-6-12/h2-9,11H,10H2,1H3,(H,19,21). The zero-order chi connectivity index (χ0) is 16.2. The highest BCUT2D eigenvalue weighted by molar-refractivity contribution is 6.03. The fourth-order valence-corrected chi connectivity index (χ4v) is 2.36. The van der Waals surface area contributed by atoms with Crippen molar-refractivity contribution in [3.8, 4) is 5.75 Å². The molecule has 0 aliphatic carbocycles. The van der Waals surface area contributed by atoms with E-state index < -0.39 is 0 Å². The van der Waals surface area contributed by atoms with E-state index in [4.69, 9.17) is 9.15 Å². The number of hydrogen-bond acceptors (Lipinski definition) is 4. The fraction of sp³-hybridized carbons (Fsp3) is 0.111. The number of nitrogens with one attached hydrogen (secondary N) is 1. The Morgan fingerprint density at radius 1 is 1.22 bits per heavy atom. The van der Waals surface area contributed by atoms with Crippen LogP contribution in [-0.4, -0.2) is 19.3 Å². The third-order valence-electron chi connectivity index (χ3n) is 3.55. The molecule has 116 valence electrons. The van der Waals surface area contributed by atoms with Crippen molar-refractivity contribution in [2.24, 2.45) is 0 Å². The minimum atomic E-state index is -0.344. The van der Waals surface area contributed by atoms with Gasteiger partial charge in [0.2, 0.25) is 0 Å². The van der Waals surface area contributed by atoms with E-state index in [2.05, 4.69) is 5.32 Å². The molecule has 0 saturated heterocycles. The molecule has 0 radical (unpaired) electrons. The predicted molar refractivity (Wildman–Crippen MR) is 85.8 cm³/mol. The Kier molecular flexibility index (Phi) is 4.10. The van der Waals surface area contributed by atoms with Crippen LogP contribution in [0.1, 0.15) is 26.5 Å². The highest BCUT2D eigenvalue weighted by Gasteiger charge is 2.17. The van der Waals surface area contributed by atoms with Gasteiger partial charge in [-0.2, -0.15) is 0 Å². The highest BCUT2D eigenvalue weighted by atomic mass is 16.5. The summed E-state index contributed by atoms with van der Waals surface area (Å²) in [7, 11) is 1.51. The van der Waals surface area contributed by atoms with Crippen molar-refractivity contribution in [3.63, 3.8) is 0 Å². The second-order valence-corrected chi connectivity index (χ2v) is 5.00. The molecule has 1 aromatic heterocycles. The Hall–Kier alpha value is -3.08. The lowest BCUT2D eigenvalue weighted by Gasteiger charge is -2.03. The summed E-state index contributed by atoms with van der Waals surface area (Å²) in [4.78, 5) is 23.4. The van der Waals surface area contributed by atoms with Gasteiger partial charge in [-0.15, -0.1) is 0 Å². The minimum absolute atomic E-state index is 0.142. The monoisotopic (exact) mass is 309 g/mol. The molecule has 0 unspecified atom stereocenters. The number of fused-ring (bicyclic) bond motifs is 1. The highest BCUT2D eigenvalue weighted by Crippen LogP contribution is 2.30. The molecule has 0 aliphatic rings. The first kappa shape index (κ1) is 14.8. The lowest BCUT2D eigenvalue weighted by atomic mass is 10.1. The first-order chi connectivity index (χ1) is 11.2. The number of aldehydes is 1. The Labute approximate surface area is 132 Å². The quantitative estimate of drug-likeness (QED) is 0.735. The number of methoxy groups -OCH3 is 1. The second kappa shape index (κ2) is 6.36. The van der Waals surface area contributed by atoms with Crippen LogP contribution in [0, 0.1) is 0 Å². The van der Waals surface area contributed by atoms with E-state index in [0.29, 0.717) is 28.8 Å². The van der Waals surface area contributed by atoms with E-state index in [1.54, 1.807) is 18.2 Å². The summed E-state index contributed by atoms with van der Waals surface area (Å²) in [5.41, 5.74) is 1.83. The van der Waals surface area contributed by atoms with Gasteiger partial charge in [-0.05, 0) is 23.8 Å². The summed E-state index contributed by atoms with van der Waals surface area (Å²) < 4.78 is 10.8. The predicted octanol–water partition coefficient (Wildman–Crippen LogP) is 3.18. The topological polar surface area (TPSA) is 68.5 Å². The van der Waals surface area contributed by atoms with Crippen LogP contribution in [0.4, 0.5) is 0 Å². The molecule has 23 heavy (non-hydrogen) atoms. The normalized spacial score (nSPS) is 10.5. The van der Waals surface area contributed by atoms with Gasteiger partial charge in [0.25, 0.3) is 5.91 Å². The van der Waals surface area contributed by atoms with Gasteiger partial charge in [0.1, 0.15) is 0 Å². The Morgan fingerprint density at radius 2 is 2.00 bits per heavy atom. The second-order valence-electron chi connectivity index (χ2n) is 5.00. The van der Waals surface area contributed by atoms with Gasteiger partial charge in [0.05, 0.1) is 7.11 Å². The van der Waals surface area contributed by atoms with Crippen LogP contribution in [0.25, 0.3) is 11.0 Å². The van der Waals surface area contributed by atoms with Crippen molar-refractivity contribution in [2.45, 2.75) is 6.54 Å². The van der Waals surface area contributed by atoms with Gasteiger partial charge in [0, 0.05) is 17.5 Å². The minimum Gasteiger partial charge on any atom is -0.493 e. The molecular formula is C18H15NO4. The maximum Gasteiger partial charge on any atom is 0.287 e. The molecule has 2 aromatic carbocycles. The van der Waals surface area contributed by atoms with Crippen LogP contribution in [0.15, 0.2) is 52.9 Å². The number of hydrogen-bond donors (Lipinski definition) is 1. The van der Waals surface area contributed by atoms with Crippen molar-refractivity contribution in [1.82, 2.24) is 5.32 Å². The van der Waals surface area contributed by atoms with Crippen LogP contribution in [0.5, 0.6) is 5.75 Å². The number of rotatable bonds is 5. The molecule has 5 nitrogen and oxygen atoms in total. The van der Waals surface area contributed by atoms with E-state index in [-0.39, 0.29) is 11.7 Å². The maximum absolute atomic E-state index is 12.3. The van der Waals surface area contributed by atoms with Gasteiger partial charge >= 0.3 is 0 Å². The van der Waals surface area contributed by atoms with Gasteiger partial charge in [-0.1, -0.05) is 30.3 Å². The smallest absolute Gasteiger partial charge is 0.287 e. The van der Waals surface area contributed by atoms with Gasteiger partial charge < -0.3 is 14.5 Å². The molecule has 1 heterocycles. The largest absolute Gasteiger partial charge is 0.493 e.